The van der Waals surface area contributed by atoms with Crippen LogP contribution >= 0.6 is 11.3 Å². The van der Waals surface area contributed by atoms with Crippen molar-refractivity contribution < 1.29 is 13.6 Å². The molecule has 0 spiro atoms. The average molecular weight is 275 g/mol. The van der Waals surface area contributed by atoms with Gasteiger partial charge in [0.1, 0.15) is 11.6 Å². The van der Waals surface area contributed by atoms with Crippen molar-refractivity contribution in [1.82, 2.24) is 0 Å². The van der Waals surface area contributed by atoms with Crippen LogP contribution in [0, 0.1) is 23.0 Å². The van der Waals surface area contributed by atoms with Gasteiger partial charge < -0.3 is 0 Å². The van der Waals surface area contributed by atoms with Crippen molar-refractivity contribution >= 4 is 23.2 Å². The number of carbonyl (C=O) groups is 1. The van der Waals surface area contributed by atoms with Crippen LogP contribution in [0.15, 0.2) is 41.3 Å². The fraction of sp³-hybridized carbons (Fsp3) is 0. The summed E-state index contributed by atoms with van der Waals surface area (Å²) in [5.41, 5.74) is 0.147. The van der Waals surface area contributed by atoms with Crippen molar-refractivity contribution in [2.45, 2.75) is 0 Å². The first-order valence-electron chi connectivity index (χ1n) is 5.27. The van der Waals surface area contributed by atoms with E-state index in [2.05, 4.69) is 0 Å². The third-order valence-corrected chi connectivity index (χ3v) is 3.23. The highest BCUT2D eigenvalue weighted by Crippen LogP contribution is 2.17. The van der Waals surface area contributed by atoms with Gasteiger partial charge in [0, 0.05) is 0 Å². The second kappa shape index (κ2) is 5.55. The minimum atomic E-state index is -1.02. The Labute approximate surface area is 112 Å². The molecule has 0 unspecified atom stereocenters. The second-order valence-electron chi connectivity index (χ2n) is 3.65. The van der Waals surface area contributed by atoms with Crippen LogP contribution in [0.5, 0.6) is 0 Å². The largest absolute Gasteiger partial charge is 0.287 e. The van der Waals surface area contributed by atoms with E-state index in [4.69, 9.17) is 5.26 Å². The molecule has 5 heteroatoms. The van der Waals surface area contributed by atoms with Gasteiger partial charge >= 0.3 is 0 Å². The summed E-state index contributed by atoms with van der Waals surface area (Å²) in [6, 6.07) is 8.27. The molecule has 19 heavy (non-hydrogen) atoms. The Hall–Kier alpha value is -2.32. The van der Waals surface area contributed by atoms with Crippen molar-refractivity contribution in [3.63, 3.8) is 0 Å². The Morgan fingerprint density at radius 3 is 2.63 bits per heavy atom. The van der Waals surface area contributed by atoms with E-state index in [9.17, 15) is 13.6 Å². The molecule has 1 aromatic carbocycles. The summed E-state index contributed by atoms with van der Waals surface area (Å²) in [6.45, 7) is 0. The molecule has 2 aromatic rings. The highest BCUT2D eigenvalue weighted by Gasteiger charge is 2.13. The molecule has 0 aliphatic carbocycles. The first-order chi connectivity index (χ1) is 9.11. The van der Waals surface area contributed by atoms with E-state index < -0.39 is 17.4 Å². The lowest BCUT2D eigenvalue weighted by Crippen LogP contribution is -1.99. The number of ketones is 1. The Morgan fingerprint density at radius 1 is 1.26 bits per heavy atom. The number of allylic oxidation sites excluding steroid dienone is 1. The zero-order chi connectivity index (χ0) is 13.8. The monoisotopic (exact) mass is 275 g/mol. The van der Waals surface area contributed by atoms with Crippen molar-refractivity contribution in [2.75, 3.05) is 0 Å². The number of thiophene rings is 1. The first kappa shape index (κ1) is 13.1. The molecule has 2 nitrogen and oxygen atoms in total. The van der Waals surface area contributed by atoms with Gasteiger partial charge in [-0.15, -0.1) is 11.3 Å². The maximum atomic E-state index is 13.0. The molecule has 0 aliphatic rings. The van der Waals surface area contributed by atoms with Crippen LogP contribution in [0.4, 0.5) is 8.78 Å². The van der Waals surface area contributed by atoms with Crippen LogP contribution in [-0.4, -0.2) is 5.78 Å². The summed E-state index contributed by atoms with van der Waals surface area (Å²) < 4.78 is 25.8. The number of nitriles is 1. The van der Waals surface area contributed by atoms with Crippen LogP contribution in [-0.2, 0) is 0 Å². The zero-order valence-electron chi connectivity index (χ0n) is 9.56. The second-order valence-corrected chi connectivity index (χ2v) is 4.60. The molecular formula is C14H7F2NOS. The van der Waals surface area contributed by atoms with Crippen LogP contribution in [0.3, 0.4) is 0 Å². The van der Waals surface area contributed by atoms with Crippen LogP contribution in [0.2, 0.25) is 0 Å². The molecule has 1 aromatic heterocycles. The van der Waals surface area contributed by atoms with Crippen molar-refractivity contribution in [3.8, 4) is 6.07 Å². The lowest BCUT2D eigenvalue weighted by Gasteiger charge is -1.98. The lowest BCUT2D eigenvalue weighted by atomic mass is 10.1. The normalized spacial score (nSPS) is 11.1. The highest BCUT2D eigenvalue weighted by molar-refractivity contribution is 7.12. The fourth-order valence-electron chi connectivity index (χ4n) is 1.46. The summed E-state index contributed by atoms with van der Waals surface area (Å²) in [5.74, 6) is -2.42. The van der Waals surface area contributed by atoms with Crippen molar-refractivity contribution in [3.05, 3.63) is 63.4 Å². The topological polar surface area (TPSA) is 40.9 Å². The van der Waals surface area contributed by atoms with Gasteiger partial charge in [-0.2, -0.15) is 5.26 Å². The van der Waals surface area contributed by atoms with Crippen LogP contribution in [0.1, 0.15) is 15.2 Å². The van der Waals surface area contributed by atoms with Crippen LogP contribution in [0.25, 0.3) is 6.08 Å². The van der Waals surface area contributed by atoms with Crippen molar-refractivity contribution in [1.29, 1.82) is 5.26 Å². The summed E-state index contributed by atoms with van der Waals surface area (Å²) >= 11 is 1.22. The summed E-state index contributed by atoms with van der Waals surface area (Å²) in [4.78, 5) is 12.4. The van der Waals surface area contributed by atoms with Gasteiger partial charge in [0.15, 0.2) is 11.6 Å². The molecule has 0 fully saturated rings. The number of Topliss-reactive ketones (excluding diaryl/α,β-unsaturated/α-hetero) is 1. The van der Waals surface area contributed by atoms with Gasteiger partial charge in [0.2, 0.25) is 5.78 Å². The Morgan fingerprint density at radius 2 is 2.05 bits per heavy atom. The predicted molar refractivity (Wildman–Crippen MR) is 68.6 cm³/mol. The van der Waals surface area contributed by atoms with Gasteiger partial charge in [-0.1, -0.05) is 12.1 Å². The van der Waals surface area contributed by atoms with Gasteiger partial charge in [-0.3, -0.25) is 4.79 Å². The SMILES string of the molecule is N#C/C(=C\c1ccc(F)c(F)c1)C(=O)c1cccs1. The molecule has 0 radical (unpaired) electrons. The van der Waals surface area contributed by atoms with Crippen LogP contribution < -0.4 is 0 Å². The van der Waals surface area contributed by atoms with E-state index in [0.29, 0.717) is 4.88 Å². The third kappa shape index (κ3) is 2.92. The summed E-state index contributed by atoms with van der Waals surface area (Å²) in [7, 11) is 0. The van der Waals surface area contributed by atoms with E-state index in [0.717, 1.165) is 12.1 Å². The molecule has 1 heterocycles. The van der Waals surface area contributed by atoms with Gasteiger partial charge in [0.05, 0.1) is 4.88 Å². The minimum absolute atomic E-state index is 0.117. The maximum Gasteiger partial charge on any atom is 0.213 e. The van der Waals surface area contributed by atoms with Gasteiger partial charge in [0.25, 0.3) is 0 Å². The fourth-order valence-corrected chi connectivity index (χ4v) is 2.14. The van der Waals surface area contributed by atoms with E-state index in [-0.39, 0.29) is 11.1 Å². The number of carbonyl (C=O) groups excluding carboxylic acids is 1. The summed E-state index contributed by atoms with van der Waals surface area (Å²) in [5, 5.41) is 10.7. The molecule has 0 atom stereocenters. The van der Waals surface area contributed by atoms with E-state index in [1.54, 1.807) is 23.6 Å². The molecule has 0 saturated carbocycles. The molecule has 0 bridgehead atoms. The number of benzene rings is 1. The number of hydrogen-bond acceptors (Lipinski definition) is 3. The molecular weight excluding hydrogens is 268 g/mol. The number of halogens is 2. The average Bonchev–Trinajstić information content (AvgIpc) is 2.93. The number of hydrogen-bond donors (Lipinski definition) is 0. The Balaban J connectivity index is 2.37. The Bertz CT molecular complexity index is 684. The molecule has 0 amide bonds. The first-order valence-corrected chi connectivity index (χ1v) is 6.15. The molecule has 2 rings (SSSR count). The standard InChI is InChI=1S/C14H7F2NOS/c15-11-4-3-9(7-12(11)16)6-10(8-17)14(18)13-2-1-5-19-13/h1-7H/b10-6+. The highest BCUT2D eigenvalue weighted by atomic mass is 32.1. The Kier molecular flexibility index (Phi) is 3.83. The summed E-state index contributed by atoms with van der Waals surface area (Å²) in [6.07, 6.45) is 1.24. The van der Waals surface area contributed by atoms with E-state index in [1.165, 1.54) is 23.5 Å². The number of nitrogens with zero attached hydrogens (tertiary/aromatic N) is 1. The van der Waals surface area contributed by atoms with E-state index >= 15 is 0 Å². The van der Waals surface area contributed by atoms with E-state index in [1.807, 2.05) is 0 Å². The smallest absolute Gasteiger partial charge is 0.213 e. The molecule has 0 N–H and O–H groups in total. The maximum absolute atomic E-state index is 13.0. The molecule has 0 aliphatic heterocycles. The van der Waals surface area contributed by atoms with Gasteiger partial charge in [-0.05, 0) is 35.2 Å². The lowest BCUT2D eigenvalue weighted by molar-refractivity contribution is 0.104. The quantitative estimate of drug-likeness (QED) is 0.485. The zero-order valence-corrected chi connectivity index (χ0v) is 10.4. The predicted octanol–water partition coefficient (Wildman–Crippen LogP) is 3.82. The number of rotatable bonds is 3. The van der Waals surface area contributed by atoms with Crippen molar-refractivity contribution in [2.24, 2.45) is 0 Å². The van der Waals surface area contributed by atoms with Gasteiger partial charge in [-0.25, -0.2) is 8.78 Å². The molecule has 0 saturated heterocycles. The minimum Gasteiger partial charge on any atom is -0.287 e. The molecule has 94 valence electrons. The third-order valence-electron chi connectivity index (χ3n) is 2.36.